The number of benzene rings is 2. The van der Waals surface area contributed by atoms with Gasteiger partial charge in [0.05, 0.1) is 24.1 Å². The molecule has 0 radical (unpaired) electrons. The van der Waals surface area contributed by atoms with Crippen molar-refractivity contribution in [3.8, 4) is 5.69 Å². The van der Waals surface area contributed by atoms with Gasteiger partial charge in [-0.2, -0.15) is 4.68 Å². The van der Waals surface area contributed by atoms with E-state index in [-0.39, 0.29) is 18.4 Å². The van der Waals surface area contributed by atoms with Crippen LogP contribution in [0.1, 0.15) is 19.4 Å². The number of rotatable bonds is 6. The molecule has 1 aliphatic heterocycles. The fourth-order valence-electron chi connectivity index (χ4n) is 3.60. The van der Waals surface area contributed by atoms with Crippen LogP contribution in [0.2, 0.25) is 0 Å². The van der Waals surface area contributed by atoms with Crippen LogP contribution < -0.4 is 0 Å². The lowest BCUT2D eigenvalue weighted by Crippen LogP contribution is -2.50. The predicted molar refractivity (Wildman–Crippen MR) is 113 cm³/mol. The van der Waals surface area contributed by atoms with E-state index in [1.807, 2.05) is 30.3 Å². The van der Waals surface area contributed by atoms with Crippen molar-refractivity contribution < 1.29 is 22.7 Å². The molecule has 1 aromatic heterocycles. The molecule has 0 saturated carbocycles. The van der Waals surface area contributed by atoms with Gasteiger partial charge < -0.3 is 9.47 Å². The predicted octanol–water partition coefficient (Wildman–Crippen LogP) is 2.21. The van der Waals surface area contributed by atoms with Crippen molar-refractivity contribution in [1.82, 2.24) is 25.1 Å². The molecule has 0 unspecified atom stereocenters. The highest BCUT2D eigenvalue weighted by Gasteiger charge is 2.47. The van der Waals surface area contributed by atoms with Crippen molar-refractivity contribution in [3.63, 3.8) is 0 Å². The first-order valence-corrected chi connectivity index (χ1v) is 11.6. The third kappa shape index (κ3) is 4.48. The summed E-state index contributed by atoms with van der Waals surface area (Å²) in [7, 11) is -3.97. The molecule has 0 bridgehead atoms. The van der Waals surface area contributed by atoms with Crippen LogP contribution in [0.3, 0.4) is 0 Å². The molecule has 1 atom stereocenters. The van der Waals surface area contributed by atoms with Crippen LogP contribution in [0.25, 0.3) is 5.69 Å². The van der Waals surface area contributed by atoms with Crippen LogP contribution in [0.5, 0.6) is 0 Å². The molecule has 168 valence electrons. The van der Waals surface area contributed by atoms with Crippen molar-refractivity contribution in [3.05, 3.63) is 66.2 Å². The highest BCUT2D eigenvalue weighted by atomic mass is 32.2. The largest absolute Gasteiger partial charge is 0.444 e. The number of sulfone groups is 1. The number of para-hydroxylation sites is 1. The van der Waals surface area contributed by atoms with E-state index in [0.717, 1.165) is 10.2 Å². The fraction of sp³-hybridized carbons (Fsp3) is 0.333. The molecule has 32 heavy (non-hydrogen) atoms. The summed E-state index contributed by atoms with van der Waals surface area (Å²) in [5, 5.41) is 10.8. The van der Waals surface area contributed by atoms with E-state index in [2.05, 4.69) is 15.5 Å². The van der Waals surface area contributed by atoms with E-state index in [4.69, 9.17) is 9.47 Å². The molecule has 1 saturated heterocycles. The lowest BCUT2D eigenvalue weighted by molar-refractivity contribution is -0.0485. The summed E-state index contributed by atoms with van der Waals surface area (Å²) in [5.74, 6) is -0.413. The number of ether oxygens (including phenoxy) is 2. The Hall–Kier alpha value is -3.31. The fourth-order valence-corrected chi connectivity index (χ4v) is 5.06. The highest BCUT2D eigenvalue weighted by molar-refractivity contribution is 7.91. The Bertz CT molecular complexity index is 1180. The minimum atomic E-state index is -3.97. The zero-order valence-electron chi connectivity index (χ0n) is 17.7. The summed E-state index contributed by atoms with van der Waals surface area (Å²) in [6.45, 7) is 3.49. The minimum Gasteiger partial charge on any atom is -0.444 e. The zero-order chi connectivity index (χ0) is 22.8. The second-order valence-corrected chi connectivity index (χ2v) is 9.74. The molecule has 10 nitrogen and oxygen atoms in total. The van der Waals surface area contributed by atoms with E-state index < -0.39 is 33.5 Å². The molecule has 11 heteroatoms. The number of hydrogen-bond acceptors (Lipinski definition) is 8. The number of amides is 1. The summed E-state index contributed by atoms with van der Waals surface area (Å²) in [5.41, 5.74) is 0.308. The Labute approximate surface area is 185 Å². The van der Waals surface area contributed by atoms with Crippen LogP contribution in [0.4, 0.5) is 4.79 Å². The first kappa shape index (κ1) is 21.9. The van der Waals surface area contributed by atoms with Gasteiger partial charge >= 0.3 is 6.09 Å². The number of carbonyl (C=O) groups is 1. The molecule has 1 amide bonds. The SMILES string of the molecule is CC1(C)OC[C@@H](CS(=O)(=O)c2nnnn2-c2ccccc2)N1C(=O)OCc1ccccc1. The molecule has 4 rings (SSSR count). The van der Waals surface area contributed by atoms with Crippen LogP contribution in [-0.4, -0.2) is 63.7 Å². The first-order valence-electron chi connectivity index (χ1n) is 9.98. The Morgan fingerprint density at radius 3 is 2.47 bits per heavy atom. The summed E-state index contributed by atoms with van der Waals surface area (Å²) >= 11 is 0. The molecular formula is C21H23N5O5S. The lowest BCUT2D eigenvalue weighted by Gasteiger charge is -2.32. The second kappa shape index (κ2) is 8.67. The number of carbonyl (C=O) groups excluding carboxylic acids is 1. The number of hydrogen-bond donors (Lipinski definition) is 0. The Morgan fingerprint density at radius 1 is 1.12 bits per heavy atom. The third-order valence-electron chi connectivity index (χ3n) is 5.11. The van der Waals surface area contributed by atoms with Crippen molar-refractivity contribution in [2.75, 3.05) is 12.4 Å². The van der Waals surface area contributed by atoms with Crippen molar-refractivity contribution in [2.24, 2.45) is 0 Å². The summed E-state index contributed by atoms with van der Waals surface area (Å²) in [4.78, 5) is 14.2. The Morgan fingerprint density at radius 2 is 1.78 bits per heavy atom. The summed E-state index contributed by atoms with van der Waals surface area (Å²) in [6.07, 6.45) is -0.654. The summed E-state index contributed by atoms with van der Waals surface area (Å²) in [6, 6.07) is 17.2. The Balaban J connectivity index is 1.54. The standard InChI is InChI=1S/C21H23N5O5S/c1-21(2)25(20(27)30-13-16-9-5-3-6-10-16)18(14-31-21)15-32(28,29)19-22-23-24-26(19)17-11-7-4-8-12-17/h3-12,18H,13-15H2,1-2H3/t18-/m0/s1. The minimum absolute atomic E-state index is 0.0412. The molecule has 0 N–H and O–H groups in total. The van der Waals surface area contributed by atoms with E-state index >= 15 is 0 Å². The van der Waals surface area contributed by atoms with Gasteiger partial charge in [-0.05, 0) is 42.0 Å². The van der Waals surface area contributed by atoms with E-state index in [0.29, 0.717) is 5.69 Å². The maximum absolute atomic E-state index is 13.2. The van der Waals surface area contributed by atoms with Gasteiger partial charge in [0.2, 0.25) is 9.84 Å². The monoisotopic (exact) mass is 457 g/mol. The van der Waals surface area contributed by atoms with E-state index in [1.165, 1.54) is 4.90 Å². The topological polar surface area (TPSA) is 117 Å². The van der Waals surface area contributed by atoms with Gasteiger partial charge in [0.15, 0.2) is 0 Å². The van der Waals surface area contributed by atoms with Gasteiger partial charge in [-0.1, -0.05) is 53.6 Å². The number of nitrogens with zero attached hydrogens (tertiary/aromatic N) is 5. The van der Waals surface area contributed by atoms with Crippen molar-refractivity contribution in [2.45, 2.75) is 37.4 Å². The van der Waals surface area contributed by atoms with Gasteiger partial charge in [-0.25, -0.2) is 13.2 Å². The molecule has 3 aromatic rings. The van der Waals surface area contributed by atoms with E-state index in [1.54, 1.807) is 44.2 Å². The average Bonchev–Trinajstić information content (AvgIpc) is 3.38. The quantitative estimate of drug-likeness (QED) is 0.553. The normalized spacial score (nSPS) is 17.9. The van der Waals surface area contributed by atoms with Crippen LogP contribution in [-0.2, 0) is 25.9 Å². The molecular weight excluding hydrogens is 434 g/mol. The molecule has 2 aromatic carbocycles. The molecule has 0 spiro atoms. The van der Waals surface area contributed by atoms with Crippen LogP contribution in [0.15, 0.2) is 65.8 Å². The van der Waals surface area contributed by atoms with Crippen LogP contribution in [0, 0.1) is 0 Å². The highest BCUT2D eigenvalue weighted by Crippen LogP contribution is 2.30. The molecule has 1 aliphatic rings. The summed E-state index contributed by atoms with van der Waals surface area (Å²) < 4.78 is 38.7. The van der Waals surface area contributed by atoms with Gasteiger partial charge in [0.25, 0.3) is 5.16 Å². The Kier molecular flexibility index (Phi) is 5.94. The number of aromatic nitrogens is 4. The van der Waals surface area contributed by atoms with Crippen molar-refractivity contribution in [1.29, 1.82) is 0 Å². The maximum atomic E-state index is 13.2. The first-order chi connectivity index (χ1) is 15.3. The van der Waals surface area contributed by atoms with Gasteiger partial charge in [0, 0.05) is 0 Å². The van der Waals surface area contributed by atoms with Gasteiger partial charge in [0.1, 0.15) is 12.3 Å². The average molecular weight is 458 g/mol. The van der Waals surface area contributed by atoms with Gasteiger partial charge in [-0.15, -0.1) is 0 Å². The maximum Gasteiger partial charge on any atom is 0.412 e. The zero-order valence-corrected chi connectivity index (χ0v) is 18.5. The van der Waals surface area contributed by atoms with E-state index in [9.17, 15) is 13.2 Å². The smallest absolute Gasteiger partial charge is 0.412 e. The molecule has 0 aliphatic carbocycles. The van der Waals surface area contributed by atoms with Crippen molar-refractivity contribution >= 4 is 15.9 Å². The number of tetrazole rings is 1. The third-order valence-corrected chi connectivity index (χ3v) is 6.74. The molecule has 1 fully saturated rings. The van der Waals surface area contributed by atoms with Gasteiger partial charge in [-0.3, -0.25) is 4.90 Å². The molecule has 2 heterocycles. The lowest BCUT2D eigenvalue weighted by atomic mass is 10.2. The van der Waals surface area contributed by atoms with Crippen LogP contribution >= 0.6 is 0 Å². The second-order valence-electron chi connectivity index (χ2n) is 7.81.